The summed E-state index contributed by atoms with van der Waals surface area (Å²) in [6, 6.07) is 8.09. The number of aliphatic hydroxyl groups is 1. The molecular weight excluding hydrogens is 318 g/mol. The number of piperidine rings is 1. The summed E-state index contributed by atoms with van der Waals surface area (Å²) >= 11 is 0. The Balaban J connectivity index is 1.42. The third-order valence-electron chi connectivity index (χ3n) is 5.00. The van der Waals surface area contributed by atoms with Crippen molar-refractivity contribution in [3.05, 3.63) is 47.9 Å². The molecule has 7 nitrogen and oxygen atoms in total. The molecule has 0 radical (unpaired) electrons. The molecular formula is C18H21N5O2. The van der Waals surface area contributed by atoms with Crippen molar-refractivity contribution >= 4 is 16.8 Å². The lowest BCUT2D eigenvalue weighted by atomic mass is 9.90. The highest BCUT2D eigenvalue weighted by Gasteiger charge is 2.38. The molecule has 1 fully saturated rings. The van der Waals surface area contributed by atoms with E-state index in [1.165, 1.54) is 6.20 Å². The summed E-state index contributed by atoms with van der Waals surface area (Å²) in [5, 5.41) is 22.3. The van der Waals surface area contributed by atoms with Gasteiger partial charge in [0, 0.05) is 30.1 Å². The van der Waals surface area contributed by atoms with E-state index in [1.54, 1.807) is 4.90 Å². The van der Waals surface area contributed by atoms with E-state index in [2.05, 4.69) is 26.5 Å². The maximum Gasteiger partial charge on any atom is 0.223 e. The molecule has 0 bridgehead atoms. The number of hydrogen-bond donors (Lipinski definition) is 3. The smallest absolute Gasteiger partial charge is 0.223 e. The fourth-order valence-electron chi connectivity index (χ4n) is 3.62. The summed E-state index contributed by atoms with van der Waals surface area (Å²) in [5.41, 5.74) is 1.62. The molecule has 0 saturated carbocycles. The summed E-state index contributed by atoms with van der Waals surface area (Å²) in [6.45, 7) is 0.944. The molecule has 1 aliphatic heterocycles. The monoisotopic (exact) mass is 339 g/mol. The van der Waals surface area contributed by atoms with Gasteiger partial charge in [0.05, 0.1) is 12.7 Å². The number of aromatic nitrogens is 4. The van der Waals surface area contributed by atoms with Crippen LogP contribution in [0.5, 0.6) is 0 Å². The lowest BCUT2D eigenvalue weighted by Crippen LogP contribution is -2.48. The van der Waals surface area contributed by atoms with Gasteiger partial charge in [-0.15, -0.1) is 0 Å². The Hall–Kier alpha value is -2.67. The van der Waals surface area contributed by atoms with E-state index in [9.17, 15) is 9.90 Å². The van der Waals surface area contributed by atoms with Crippen LogP contribution in [0.4, 0.5) is 0 Å². The predicted molar refractivity (Wildman–Crippen MR) is 92.7 cm³/mol. The first-order valence-electron chi connectivity index (χ1n) is 8.57. The Bertz CT molecular complexity index is 873. The molecule has 1 atom stereocenters. The van der Waals surface area contributed by atoms with Gasteiger partial charge >= 0.3 is 0 Å². The van der Waals surface area contributed by atoms with Crippen LogP contribution < -0.4 is 0 Å². The fourth-order valence-corrected chi connectivity index (χ4v) is 3.62. The van der Waals surface area contributed by atoms with Gasteiger partial charge in [0.1, 0.15) is 11.3 Å². The van der Waals surface area contributed by atoms with Crippen molar-refractivity contribution in [1.29, 1.82) is 0 Å². The van der Waals surface area contributed by atoms with Gasteiger partial charge in [0.25, 0.3) is 0 Å². The molecule has 3 heterocycles. The van der Waals surface area contributed by atoms with Crippen LogP contribution in [0.15, 0.2) is 36.7 Å². The molecule has 1 unspecified atom stereocenters. The van der Waals surface area contributed by atoms with E-state index >= 15 is 0 Å². The Morgan fingerprint density at radius 3 is 3.08 bits per heavy atom. The summed E-state index contributed by atoms with van der Waals surface area (Å²) < 4.78 is 0. The van der Waals surface area contributed by atoms with Crippen molar-refractivity contribution < 1.29 is 9.90 Å². The van der Waals surface area contributed by atoms with Gasteiger partial charge < -0.3 is 15.0 Å². The fraction of sp³-hybridized carbons (Fsp3) is 0.389. The van der Waals surface area contributed by atoms with Crippen LogP contribution in [-0.4, -0.2) is 49.4 Å². The molecule has 1 aromatic carbocycles. The van der Waals surface area contributed by atoms with E-state index in [1.807, 2.05) is 24.4 Å². The highest BCUT2D eigenvalue weighted by atomic mass is 16.3. The number of carbonyl (C=O) groups excluding carboxylic acids is 1. The minimum absolute atomic E-state index is 0.0619. The maximum atomic E-state index is 12.6. The van der Waals surface area contributed by atoms with E-state index in [0.29, 0.717) is 31.5 Å². The van der Waals surface area contributed by atoms with Crippen molar-refractivity contribution in [1.82, 2.24) is 25.3 Å². The maximum absolute atomic E-state index is 12.6. The molecule has 3 N–H and O–H groups in total. The number of H-pyrrole nitrogens is 2. The molecule has 1 saturated heterocycles. The standard InChI is InChI=1S/C18H21N5O2/c24-17(7-6-13-10-19-15-5-2-1-4-14(13)15)23-9-3-8-18(25,12-23)16-11-20-22-21-16/h1-2,4-5,10-11,19,25H,3,6-9,12H2,(H,20,21,22). The van der Waals surface area contributed by atoms with E-state index < -0.39 is 5.60 Å². The number of carbonyl (C=O) groups is 1. The van der Waals surface area contributed by atoms with Crippen molar-refractivity contribution in [3.63, 3.8) is 0 Å². The highest BCUT2D eigenvalue weighted by molar-refractivity contribution is 5.84. The number of amides is 1. The second kappa shape index (κ2) is 6.33. The molecule has 1 amide bonds. The summed E-state index contributed by atoms with van der Waals surface area (Å²) in [5.74, 6) is 0.0619. The number of benzene rings is 1. The molecule has 0 spiro atoms. The molecule has 1 aliphatic rings. The van der Waals surface area contributed by atoms with Gasteiger partial charge in [0.2, 0.25) is 5.91 Å². The molecule has 2 aromatic heterocycles. The van der Waals surface area contributed by atoms with Gasteiger partial charge in [0.15, 0.2) is 0 Å². The second-order valence-electron chi connectivity index (χ2n) is 6.67. The molecule has 4 rings (SSSR count). The minimum Gasteiger partial charge on any atom is -0.382 e. The van der Waals surface area contributed by atoms with Crippen LogP contribution in [0.1, 0.15) is 30.5 Å². The zero-order valence-corrected chi connectivity index (χ0v) is 13.9. The topological polar surface area (TPSA) is 97.9 Å². The quantitative estimate of drug-likeness (QED) is 0.674. The Morgan fingerprint density at radius 1 is 1.36 bits per heavy atom. The number of rotatable bonds is 4. The summed E-state index contributed by atoms with van der Waals surface area (Å²) in [6.07, 6.45) is 5.95. The van der Waals surface area contributed by atoms with Crippen molar-refractivity contribution in [2.45, 2.75) is 31.3 Å². The van der Waals surface area contributed by atoms with Crippen LogP contribution >= 0.6 is 0 Å². The average molecular weight is 339 g/mol. The lowest BCUT2D eigenvalue weighted by Gasteiger charge is -2.38. The molecule has 7 heteroatoms. The van der Waals surface area contributed by atoms with Gasteiger partial charge in [-0.05, 0) is 30.9 Å². The third kappa shape index (κ3) is 3.02. The highest BCUT2D eigenvalue weighted by Crippen LogP contribution is 2.30. The SMILES string of the molecule is O=C(CCc1c[nH]c2ccccc12)N1CCCC(O)(c2cn[nH]n2)C1. The molecule has 130 valence electrons. The van der Waals surface area contributed by atoms with Gasteiger partial charge in [-0.1, -0.05) is 18.2 Å². The Morgan fingerprint density at radius 2 is 2.24 bits per heavy atom. The molecule has 3 aromatic rings. The Kier molecular flexibility index (Phi) is 4.01. The Labute approximate surface area is 145 Å². The minimum atomic E-state index is -1.11. The zero-order valence-electron chi connectivity index (χ0n) is 13.9. The van der Waals surface area contributed by atoms with Gasteiger partial charge in [-0.2, -0.15) is 15.4 Å². The number of aromatic amines is 2. The first-order chi connectivity index (χ1) is 12.2. The number of nitrogens with one attached hydrogen (secondary N) is 2. The number of likely N-dealkylation sites (tertiary alicyclic amines) is 1. The van der Waals surface area contributed by atoms with E-state index in [4.69, 9.17) is 0 Å². The average Bonchev–Trinajstić information content (AvgIpc) is 3.30. The van der Waals surface area contributed by atoms with Crippen molar-refractivity contribution in [3.8, 4) is 0 Å². The summed E-state index contributed by atoms with van der Waals surface area (Å²) in [4.78, 5) is 17.6. The first kappa shape index (κ1) is 15.8. The van der Waals surface area contributed by atoms with E-state index in [0.717, 1.165) is 22.9 Å². The van der Waals surface area contributed by atoms with Crippen LogP contribution in [-0.2, 0) is 16.8 Å². The van der Waals surface area contributed by atoms with Crippen LogP contribution in [0.25, 0.3) is 10.9 Å². The largest absolute Gasteiger partial charge is 0.382 e. The predicted octanol–water partition coefficient (Wildman–Crippen LogP) is 1.73. The zero-order chi connectivity index (χ0) is 17.3. The summed E-state index contributed by atoms with van der Waals surface area (Å²) in [7, 11) is 0. The second-order valence-corrected chi connectivity index (χ2v) is 6.67. The third-order valence-corrected chi connectivity index (χ3v) is 5.00. The normalized spacial score (nSPS) is 20.9. The number of fused-ring (bicyclic) bond motifs is 1. The molecule has 25 heavy (non-hydrogen) atoms. The van der Waals surface area contributed by atoms with Crippen molar-refractivity contribution in [2.75, 3.05) is 13.1 Å². The van der Waals surface area contributed by atoms with Gasteiger partial charge in [-0.3, -0.25) is 4.79 Å². The number of nitrogens with zero attached hydrogens (tertiary/aromatic N) is 3. The number of para-hydroxylation sites is 1. The van der Waals surface area contributed by atoms with Crippen LogP contribution in [0.2, 0.25) is 0 Å². The first-order valence-corrected chi connectivity index (χ1v) is 8.57. The lowest BCUT2D eigenvalue weighted by molar-refractivity contribution is -0.139. The van der Waals surface area contributed by atoms with Crippen LogP contribution in [0, 0.1) is 0 Å². The number of β-amino-alcohol motifs (C(OH)–C–C–N with tert-alkyl or cyclic N) is 1. The number of aryl methyl sites for hydroxylation is 1. The van der Waals surface area contributed by atoms with Crippen LogP contribution in [0.3, 0.4) is 0 Å². The molecule has 0 aliphatic carbocycles. The van der Waals surface area contributed by atoms with Gasteiger partial charge in [-0.25, -0.2) is 0 Å². The van der Waals surface area contributed by atoms with E-state index in [-0.39, 0.29) is 12.5 Å². The van der Waals surface area contributed by atoms with Crippen molar-refractivity contribution in [2.24, 2.45) is 0 Å². The number of hydrogen-bond acceptors (Lipinski definition) is 4.